The summed E-state index contributed by atoms with van der Waals surface area (Å²) in [6.07, 6.45) is 0. The van der Waals surface area contributed by atoms with Crippen molar-refractivity contribution in [2.75, 3.05) is 0 Å². The first kappa shape index (κ1) is 17.2. The van der Waals surface area contributed by atoms with E-state index in [1.807, 2.05) is 12.1 Å². The third kappa shape index (κ3) is 3.12. The van der Waals surface area contributed by atoms with Crippen LogP contribution in [0.4, 0.5) is 0 Å². The van der Waals surface area contributed by atoms with Crippen LogP contribution in [0.2, 0.25) is 0 Å². The van der Waals surface area contributed by atoms with E-state index in [9.17, 15) is 0 Å². The molecule has 1 heterocycles. The first-order valence-corrected chi connectivity index (χ1v) is 10.3. The highest BCUT2D eigenvalue weighted by molar-refractivity contribution is 14.1. The van der Waals surface area contributed by atoms with Crippen molar-refractivity contribution in [3.8, 4) is 28.2 Å². The maximum atomic E-state index is 4.94. The Bertz CT molecular complexity index is 1250. The second-order valence-corrected chi connectivity index (χ2v) is 7.93. The van der Waals surface area contributed by atoms with E-state index in [2.05, 4.69) is 118 Å². The van der Waals surface area contributed by atoms with Gasteiger partial charge in [0.1, 0.15) is 5.82 Å². The van der Waals surface area contributed by atoms with Crippen molar-refractivity contribution in [1.29, 1.82) is 0 Å². The lowest BCUT2D eigenvalue weighted by atomic mass is 10.0. The fourth-order valence-electron chi connectivity index (χ4n) is 3.54. The second-order valence-electron chi connectivity index (χ2n) is 6.68. The molecule has 2 nitrogen and oxygen atoms in total. The standard InChI is InChI=1S/C25H17IN2/c26-21-8-6-7-20(17-21)18-13-15-19(16-14-18)25-27-23-11-4-5-12-24(23)28(25)22-9-2-1-3-10-22/h1-17H. The highest BCUT2D eigenvalue weighted by atomic mass is 127. The van der Waals surface area contributed by atoms with Gasteiger partial charge in [-0.05, 0) is 70.1 Å². The molecule has 0 bridgehead atoms. The summed E-state index contributed by atoms with van der Waals surface area (Å²) >= 11 is 2.35. The first-order chi connectivity index (χ1) is 13.8. The van der Waals surface area contributed by atoms with Crippen molar-refractivity contribution in [3.05, 3.63) is 107 Å². The Labute approximate surface area is 177 Å². The first-order valence-electron chi connectivity index (χ1n) is 9.19. The minimum Gasteiger partial charge on any atom is -0.292 e. The fraction of sp³-hybridized carbons (Fsp3) is 0. The molecular formula is C25H17IN2. The van der Waals surface area contributed by atoms with Gasteiger partial charge in [0.25, 0.3) is 0 Å². The van der Waals surface area contributed by atoms with Crippen LogP contribution >= 0.6 is 22.6 Å². The van der Waals surface area contributed by atoms with Gasteiger partial charge in [-0.1, -0.05) is 66.7 Å². The van der Waals surface area contributed by atoms with Crippen LogP contribution in [0.3, 0.4) is 0 Å². The van der Waals surface area contributed by atoms with Gasteiger partial charge in [-0.25, -0.2) is 4.98 Å². The van der Waals surface area contributed by atoms with Crippen molar-refractivity contribution >= 4 is 33.6 Å². The molecule has 0 amide bonds. The second kappa shape index (κ2) is 7.24. The van der Waals surface area contributed by atoms with E-state index in [0.29, 0.717) is 0 Å². The van der Waals surface area contributed by atoms with E-state index in [1.165, 1.54) is 14.7 Å². The summed E-state index contributed by atoms with van der Waals surface area (Å²) in [5.41, 5.74) is 6.79. The van der Waals surface area contributed by atoms with Gasteiger partial charge < -0.3 is 0 Å². The van der Waals surface area contributed by atoms with E-state index < -0.39 is 0 Å². The minimum absolute atomic E-state index is 0.960. The van der Waals surface area contributed by atoms with Crippen molar-refractivity contribution in [1.82, 2.24) is 9.55 Å². The Kier molecular flexibility index (Phi) is 4.45. The molecule has 0 saturated heterocycles. The zero-order valence-electron chi connectivity index (χ0n) is 15.1. The van der Waals surface area contributed by atoms with Gasteiger partial charge in [-0.2, -0.15) is 0 Å². The predicted octanol–water partition coefficient (Wildman–Crippen LogP) is 6.96. The summed E-state index contributed by atoms with van der Waals surface area (Å²) in [4.78, 5) is 4.94. The number of nitrogens with zero attached hydrogens (tertiary/aromatic N) is 2. The van der Waals surface area contributed by atoms with Gasteiger partial charge in [-0.3, -0.25) is 4.57 Å². The Hall–Kier alpha value is -2.92. The summed E-state index contributed by atoms with van der Waals surface area (Å²) in [6, 6.07) is 35.9. The number of benzene rings is 4. The van der Waals surface area contributed by atoms with Crippen LogP contribution < -0.4 is 0 Å². The Balaban J connectivity index is 1.65. The Morgan fingerprint density at radius 2 is 1.32 bits per heavy atom. The minimum atomic E-state index is 0.960. The zero-order valence-corrected chi connectivity index (χ0v) is 17.2. The smallest absolute Gasteiger partial charge is 0.145 e. The summed E-state index contributed by atoms with van der Waals surface area (Å²) in [6.45, 7) is 0. The SMILES string of the molecule is Ic1cccc(-c2ccc(-c3nc4ccccc4n3-c3ccccc3)cc2)c1. The summed E-state index contributed by atoms with van der Waals surface area (Å²) < 4.78 is 3.47. The van der Waals surface area contributed by atoms with Gasteiger partial charge in [0.15, 0.2) is 0 Å². The normalized spacial score (nSPS) is 11.0. The molecule has 3 heteroatoms. The quantitative estimate of drug-likeness (QED) is 0.260. The van der Waals surface area contributed by atoms with Gasteiger partial charge in [-0.15, -0.1) is 0 Å². The summed E-state index contributed by atoms with van der Waals surface area (Å²) in [5, 5.41) is 0. The average molecular weight is 472 g/mol. The van der Waals surface area contributed by atoms with E-state index in [4.69, 9.17) is 4.98 Å². The van der Waals surface area contributed by atoms with Gasteiger partial charge >= 0.3 is 0 Å². The highest BCUT2D eigenvalue weighted by Gasteiger charge is 2.14. The number of para-hydroxylation sites is 3. The highest BCUT2D eigenvalue weighted by Crippen LogP contribution is 2.30. The van der Waals surface area contributed by atoms with Gasteiger partial charge in [0.2, 0.25) is 0 Å². The van der Waals surface area contributed by atoms with Gasteiger partial charge in [0.05, 0.1) is 11.0 Å². The molecule has 0 saturated carbocycles. The number of aromatic nitrogens is 2. The lowest BCUT2D eigenvalue weighted by molar-refractivity contribution is 1.10. The molecule has 0 radical (unpaired) electrons. The number of fused-ring (bicyclic) bond motifs is 1. The molecule has 1 aromatic heterocycles. The molecule has 0 fully saturated rings. The Morgan fingerprint density at radius 1 is 0.607 bits per heavy atom. The van der Waals surface area contributed by atoms with Crippen LogP contribution in [0.1, 0.15) is 0 Å². The molecule has 0 atom stereocenters. The molecule has 5 aromatic rings. The van der Waals surface area contributed by atoms with E-state index in [-0.39, 0.29) is 0 Å². The Morgan fingerprint density at radius 3 is 2.11 bits per heavy atom. The lowest BCUT2D eigenvalue weighted by Crippen LogP contribution is -1.97. The maximum Gasteiger partial charge on any atom is 0.145 e. The molecule has 5 rings (SSSR count). The summed E-state index contributed by atoms with van der Waals surface area (Å²) in [7, 11) is 0. The zero-order chi connectivity index (χ0) is 18.9. The van der Waals surface area contributed by atoms with Crippen LogP contribution in [0.25, 0.3) is 39.2 Å². The van der Waals surface area contributed by atoms with Crippen molar-refractivity contribution in [3.63, 3.8) is 0 Å². The molecule has 0 N–H and O–H groups in total. The maximum absolute atomic E-state index is 4.94. The molecule has 0 aliphatic carbocycles. The van der Waals surface area contributed by atoms with Crippen LogP contribution in [0, 0.1) is 3.57 Å². The van der Waals surface area contributed by atoms with Crippen LogP contribution in [-0.4, -0.2) is 9.55 Å². The molecule has 0 aliphatic rings. The third-order valence-corrected chi connectivity index (χ3v) is 5.55. The number of halogens is 1. The molecule has 0 spiro atoms. The molecular weight excluding hydrogens is 455 g/mol. The largest absolute Gasteiger partial charge is 0.292 e. The van der Waals surface area contributed by atoms with E-state index in [1.54, 1.807) is 0 Å². The molecule has 0 unspecified atom stereocenters. The molecule has 28 heavy (non-hydrogen) atoms. The van der Waals surface area contributed by atoms with Crippen molar-refractivity contribution in [2.45, 2.75) is 0 Å². The van der Waals surface area contributed by atoms with Crippen LogP contribution in [-0.2, 0) is 0 Å². The molecule has 4 aromatic carbocycles. The van der Waals surface area contributed by atoms with Gasteiger partial charge in [0, 0.05) is 14.8 Å². The fourth-order valence-corrected chi connectivity index (χ4v) is 4.08. The monoisotopic (exact) mass is 472 g/mol. The van der Waals surface area contributed by atoms with E-state index >= 15 is 0 Å². The molecule has 134 valence electrons. The molecule has 0 aliphatic heterocycles. The third-order valence-electron chi connectivity index (χ3n) is 4.88. The summed E-state index contributed by atoms with van der Waals surface area (Å²) in [5.74, 6) is 0.960. The van der Waals surface area contributed by atoms with Crippen molar-refractivity contribution in [2.24, 2.45) is 0 Å². The average Bonchev–Trinajstić information content (AvgIpc) is 3.14. The number of hydrogen-bond acceptors (Lipinski definition) is 1. The van der Waals surface area contributed by atoms with E-state index in [0.717, 1.165) is 28.1 Å². The van der Waals surface area contributed by atoms with Crippen LogP contribution in [0.5, 0.6) is 0 Å². The van der Waals surface area contributed by atoms with Crippen molar-refractivity contribution < 1.29 is 0 Å². The number of rotatable bonds is 3. The number of imidazole rings is 1. The topological polar surface area (TPSA) is 17.8 Å². The number of hydrogen-bond donors (Lipinski definition) is 0. The van der Waals surface area contributed by atoms with Crippen LogP contribution in [0.15, 0.2) is 103 Å². The predicted molar refractivity (Wildman–Crippen MR) is 125 cm³/mol. The lowest BCUT2D eigenvalue weighted by Gasteiger charge is -2.10.